The summed E-state index contributed by atoms with van der Waals surface area (Å²) in [6, 6.07) is 1.78. The molecule has 1 aromatic rings. The molecule has 1 aromatic heterocycles. The summed E-state index contributed by atoms with van der Waals surface area (Å²) in [6.45, 7) is 7.16. The number of rotatable bonds is 3. The van der Waals surface area contributed by atoms with E-state index in [4.69, 9.17) is 0 Å². The molecule has 6 heteroatoms. The maximum absolute atomic E-state index is 12.4. The molecule has 2 amide bonds. The van der Waals surface area contributed by atoms with Crippen LogP contribution in [-0.4, -0.2) is 58.8 Å². The van der Waals surface area contributed by atoms with E-state index in [-0.39, 0.29) is 6.03 Å². The first-order chi connectivity index (χ1) is 10.7. The van der Waals surface area contributed by atoms with Crippen molar-refractivity contribution < 1.29 is 4.79 Å². The lowest BCUT2D eigenvalue weighted by molar-refractivity contribution is 0.192. The minimum absolute atomic E-state index is 0.0164. The number of anilines is 1. The van der Waals surface area contributed by atoms with Crippen LogP contribution in [0.15, 0.2) is 12.3 Å². The number of carbonyl (C=O) groups is 1. The number of carbonyl (C=O) groups excluding carboxylic acids is 1. The molecule has 120 valence electrons. The number of nitrogens with one attached hydrogen (secondary N) is 1. The highest BCUT2D eigenvalue weighted by Gasteiger charge is 2.28. The van der Waals surface area contributed by atoms with Gasteiger partial charge in [0.25, 0.3) is 0 Å². The summed E-state index contributed by atoms with van der Waals surface area (Å²) in [5.41, 5.74) is 1.50. The van der Waals surface area contributed by atoms with Crippen LogP contribution >= 0.6 is 0 Å². The van der Waals surface area contributed by atoms with Gasteiger partial charge in [0.05, 0.1) is 17.6 Å². The van der Waals surface area contributed by atoms with Crippen LogP contribution in [0.2, 0.25) is 0 Å². The molecule has 2 aliphatic heterocycles. The number of hydrogen-bond donors (Lipinski definition) is 1. The second-order valence-corrected chi connectivity index (χ2v) is 6.42. The number of likely N-dealkylation sites (tertiary alicyclic amines) is 2. The third-order valence-corrected chi connectivity index (χ3v) is 4.69. The van der Waals surface area contributed by atoms with Crippen molar-refractivity contribution in [3.63, 3.8) is 0 Å². The van der Waals surface area contributed by atoms with Crippen LogP contribution in [0.4, 0.5) is 10.5 Å². The first kappa shape index (κ1) is 15.2. The van der Waals surface area contributed by atoms with Gasteiger partial charge in [0, 0.05) is 19.6 Å². The van der Waals surface area contributed by atoms with Crippen molar-refractivity contribution in [2.45, 2.75) is 32.6 Å². The quantitative estimate of drug-likeness (QED) is 0.929. The van der Waals surface area contributed by atoms with Crippen LogP contribution < -0.4 is 5.32 Å². The third kappa shape index (κ3) is 3.74. The number of aromatic nitrogens is 2. The SMILES string of the molecule is Cc1nnccc1NC(=O)N1CCC(CN2CCCCC2)C1. The van der Waals surface area contributed by atoms with Gasteiger partial charge in [0.2, 0.25) is 0 Å². The minimum atomic E-state index is -0.0164. The van der Waals surface area contributed by atoms with Gasteiger partial charge in [-0.1, -0.05) is 6.42 Å². The van der Waals surface area contributed by atoms with Gasteiger partial charge < -0.3 is 15.1 Å². The molecule has 0 saturated carbocycles. The summed E-state index contributed by atoms with van der Waals surface area (Å²) in [5.74, 6) is 0.612. The van der Waals surface area contributed by atoms with E-state index in [1.165, 1.54) is 32.4 Å². The van der Waals surface area contributed by atoms with E-state index in [2.05, 4.69) is 20.4 Å². The van der Waals surface area contributed by atoms with E-state index in [1.807, 2.05) is 11.8 Å². The Kier molecular flexibility index (Phi) is 4.87. The second-order valence-electron chi connectivity index (χ2n) is 6.42. The lowest BCUT2D eigenvalue weighted by Gasteiger charge is -2.29. The zero-order valence-electron chi connectivity index (χ0n) is 13.3. The molecule has 2 saturated heterocycles. The summed E-state index contributed by atoms with van der Waals surface area (Å²) in [5, 5.41) is 10.7. The monoisotopic (exact) mass is 303 g/mol. The predicted octanol–water partition coefficient (Wildman–Crippen LogP) is 2.12. The zero-order valence-corrected chi connectivity index (χ0v) is 13.3. The van der Waals surface area contributed by atoms with Crippen molar-refractivity contribution in [2.24, 2.45) is 5.92 Å². The van der Waals surface area contributed by atoms with Gasteiger partial charge in [0.15, 0.2) is 0 Å². The summed E-state index contributed by atoms with van der Waals surface area (Å²) in [6.07, 6.45) is 6.73. The molecule has 3 rings (SSSR count). The van der Waals surface area contributed by atoms with Crippen LogP contribution in [0.25, 0.3) is 0 Å². The molecule has 1 unspecified atom stereocenters. The lowest BCUT2D eigenvalue weighted by atomic mass is 10.1. The smallest absolute Gasteiger partial charge is 0.321 e. The van der Waals surface area contributed by atoms with Crippen LogP contribution in [0.5, 0.6) is 0 Å². The molecule has 0 aliphatic carbocycles. The molecule has 2 fully saturated rings. The van der Waals surface area contributed by atoms with Crippen molar-refractivity contribution in [1.29, 1.82) is 0 Å². The number of nitrogens with zero attached hydrogens (tertiary/aromatic N) is 4. The molecule has 1 atom stereocenters. The van der Waals surface area contributed by atoms with Gasteiger partial charge in [-0.3, -0.25) is 0 Å². The Morgan fingerprint density at radius 2 is 2.14 bits per heavy atom. The Hall–Kier alpha value is -1.69. The number of urea groups is 1. The summed E-state index contributed by atoms with van der Waals surface area (Å²) < 4.78 is 0. The third-order valence-electron chi connectivity index (χ3n) is 4.69. The summed E-state index contributed by atoms with van der Waals surface area (Å²) >= 11 is 0. The Morgan fingerprint density at radius 1 is 1.32 bits per heavy atom. The molecule has 0 aromatic carbocycles. The van der Waals surface area contributed by atoms with Crippen molar-refractivity contribution in [2.75, 3.05) is 38.0 Å². The number of aryl methyl sites for hydroxylation is 1. The standard InChI is InChI=1S/C16H25N5O/c1-13-15(5-7-17-19-13)18-16(22)21-10-6-14(12-21)11-20-8-3-2-4-9-20/h5,7,14H,2-4,6,8-12H2,1H3,(H,17,18,22). The van der Waals surface area contributed by atoms with E-state index in [0.717, 1.165) is 37.4 Å². The van der Waals surface area contributed by atoms with Gasteiger partial charge in [-0.2, -0.15) is 10.2 Å². The molecule has 22 heavy (non-hydrogen) atoms. The zero-order chi connectivity index (χ0) is 15.4. The van der Waals surface area contributed by atoms with Gasteiger partial charge >= 0.3 is 6.03 Å². The first-order valence-corrected chi connectivity index (χ1v) is 8.29. The maximum atomic E-state index is 12.4. The topological polar surface area (TPSA) is 61.4 Å². The van der Waals surface area contributed by atoms with Crippen molar-refractivity contribution in [3.05, 3.63) is 18.0 Å². The molecule has 3 heterocycles. The van der Waals surface area contributed by atoms with Crippen LogP contribution in [0.1, 0.15) is 31.4 Å². The van der Waals surface area contributed by atoms with E-state index < -0.39 is 0 Å². The molecular formula is C16H25N5O. The van der Waals surface area contributed by atoms with E-state index in [1.54, 1.807) is 12.3 Å². The number of hydrogen-bond acceptors (Lipinski definition) is 4. The predicted molar refractivity (Wildman–Crippen MR) is 85.8 cm³/mol. The van der Waals surface area contributed by atoms with Crippen LogP contribution in [-0.2, 0) is 0 Å². The normalized spacial score (nSPS) is 22.8. The number of piperidine rings is 1. The molecule has 2 aliphatic rings. The Labute approximate surface area is 131 Å². The first-order valence-electron chi connectivity index (χ1n) is 8.29. The highest BCUT2D eigenvalue weighted by atomic mass is 16.2. The molecule has 0 spiro atoms. The molecule has 0 radical (unpaired) electrons. The highest BCUT2D eigenvalue weighted by Crippen LogP contribution is 2.21. The van der Waals surface area contributed by atoms with Crippen LogP contribution in [0, 0.1) is 12.8 Å². The van der Waals surface area contributed by atoms with Gasteiger partial charge in [0.1, 0.15) is 0 Å². The van der Waals surface area contributed by atoms with E-state index in [0.29, 0.717) is 5.92 Å². The van der Waals surface area contributed by atoms with E-state index >= 15 is 0 Å². The Balaban J connectivity index is 1.49. The summed E-state index contributed by atoms with van der Waals surface area (Å²) in [4.78, 5) is 16.8. The summed E-state index contributed by atoms with van der Waals surface area (Å²) in [7, 11) is 0. The van der Waals surface area contributed by atoms with E-state index in [9.17, 15) is 4.79 Å². The Bertz CT molecular complexity index is 515. The van der Waals surface area contributed by atoms with Crippen LogP contribution in [0.3, 0.4) is 0 Å². The van der Waals surface area contributed by atoms with Crippen molar-refractivity contribution in [1.82, 2.24) is 20.0 Å². The Morgan fingerprint density at radius 3 is 2.91 bits per heavy atom. The molecule has 0 bridgehead atoms. The molecule has 1 N–H and O–H groups in total. The van der Waals surface area contributed by atoms with Gasteiger partial charge in [-0.05, 0) is 51.3 Å². The highest BCUT2D eigenvalue weighted by molar-refractivity contribution is 5.89. The fourth-order valence-corrected chi connectivity index (χ4v) is 3.40. The minimum Gasteiger partial charge on any atom is -0.324 e. The van der Waals surface area contributed by atoms with Crippen molar-refractivity contribution in [3.8, 4) is 0 Å². The molecular weight excluding hydrogens is 278 g/mol. The maximum Gasteiger partial charge on any atom is 0.321 e. The van der Waals surface area contributed by atoms with Gasteiger partial charge in [-0.15, -0.1) is 0 Å². The average molecular weight is 303 g/mol. The largest absolute Gasteiger partial charge is 0.324 e. The van der Waals surface area contributed by atoms with Crippen molar-refractivity contribution >= 4 is 11.7 Å². The fourth-order valence-electron chi connectivity index (χ4n) is 3.40. The second kappa shape index (κ2) is 7.05. The average Bonchev–Trinajstić information content (AvgIpc) is 2.99. The van der Waals surface area contributed by atoms with Gasteiger partial charge in [-0.25, -0.2) is 4.79 Å². The fraction of sp³-hybridized carbons (Fsp3) is 0.688. The lowest BCUT2D eigenvalue weighted by Crippen LogP contribution is -2.37. The number of amides is 2. The molecule has 6 nitrogen and oxygen atoms in total.